The monoisotopic (exact) mass is 365 g/mol. The van der Waals surface area contributed by atoms with E-state index in [0.717, 1.165) is 10.5 Å². The molecule has 0 fully saturated rings. The molecule has 0 spiro atoms. The maximum Gasteiger partial charge on any atom is 0.406 e. The van der Waals surface area contributed by atoms with Crippen LogP contribution in [0.3, 0.4) is 0 Å². The predicted octanol–water partition coefficient (Wildman–Crippen LogP) is 4.38. The van der Waals surface area contributed by atoms with Gasteiger partial charge in [0.15, 0.2) is 0 Å². The summed E-state index contributed by atoms with van der Waals surface area (Å²) in [6, 6.07) is 6.83. The van der Waals surface area contributed by atoms with Gasteiger partial charge in [-0.05, 0) is 17.0 Å². The Balaban J connectivity index is 3.16. The highest BCUT2D eigenvalue weighted by molar-refractivity contribution is 9.09. The predicted molar refractivity (Wildman–Crippen MR) is 80.9 cm³/mol. The molecule has 0 atom stereocenters. The van der Waals surface area contributed by atoms with E-state index in [9.17, 15) is 18.0 Å². The number of hydrogen-bond acceptors (Lipinski definition) is 1. The van der Waals surface area contributed by atoms with E-state index in [4.69, 9.17) is 0 Å². The molecule has 0 bridgehead atoms. The second kappa shape index (κ2) is 6.81. The van der Waals surface area contributed by atoms with Crippen molar-refractivity contribution < 1.29 is 18.0 Å². The van der Waals surface area contributed by atoms with Crippen molar-refractivity contribution >= 4 is 21.8 Å². The lowest BCUT2D eigenvalue weighted by molar-refractivity contribution is -0.140. The second-order valence-electron chi connectivity index (χ2n) is 5.83. The molecule has 2 nitrogen and oxygen atoms in total. The van der Waals surface area contributed by atoms with E-state index in [1.807, 2.05) is 20.8 Å². The van der Waals surface area contributed by atoms with Crippen molar-refractivity contribution in [2.75, 3.05) is 18.4 Å². The fourth-order valence-electron chi connectivity index (χ4n) is 2.06. The fraction of sp³-hybridized carbons (Fsp3) is 0.533. The minimum absolute atomic E-state index is 0.0107. The van der Waals surface area contributed by atoms with Crippen molar-refractivity contribution in [1.29, 1.82) is 0 Å². The molecule has 21 heavy (non-hydrogen) atoms. The molecular formula is C15H19BrF3NO. The van der Waals surface area contributed by atoms with Crippen LogP contribution >= 0.6 is 15.9 Å². The van der Waals surface area contributed by atoms with E-state index in [0.29, 0.717) is 10.9 Å². The van der Waals surface area contributed by atoms with Crippen LogP contribution in [-0.2, 0) is 5.41 Å². The van der Waals surface area contributed by atoms with Gasteiger partial charge in [0.25, 0.3) is 5.91 Å². The van der Waals surface area contributed by atoms with Crippen LogP contribution in [0.5, 0.6) is 0 Å². The molecule has 118 valence electrons. The third-order valence-electron chi connectivity index (χ3n) is 2.98. The number of nitrogens with zero attached hydrogens (tertiary/aromatic N) is 1. The molecule has 0 aliphatic heterocycles. The SMILES string of the molecule is CC(C)(C)c1ccccc1C(=O)N(CCBr)CC(F)(F)F. The molecule has 0 heterocycles. The smallest absolute Gasteiger partial charge is 0.329 e. The maximum absolute atomic E-state index is 12.6. The summed E-state index contributed by atoms with van der Waals surface area (Å²) >= 11 is 3.10. The van der Waals surface area contributed by atoms with E-state index in [1.165, 1.54) is 0 Å². The van der Waals surface area contributed by atoms with E-state index in [1.54, 1.807) is 24.3 Å². The first-order chi connectivity index (χ1) is 9.56. The molecule has 1 aromatic rings. The first-order valence-corrected chi connectivity index (χ1v) is 7.70. The van der Waals surface area contributed by atoms with Crippen molar-refractivity contribution in [2.24, 2.45) is 0 Å². The Morgan fingerprint density at radius 1 is 1.19 bits per heavy atom. The van der Waals surface area contributed by atoms with Crippen LogP contribution in [0, 0.1) is 0 Å². The molecule has 0 unspecified atom stereocenters. The molecular weight excluding hydrogens is 347 g/mol. The van der Waals surface area contributed by atoms with Gasteiger partial charge in [-0.15, -0.1) is 0 Å². The molecule has 0 aliphatic rings. The summed E-state index contributed by atoms with van der Waals surface area (Å²) in [5.74, 6) is -0.586. The van der Waals surface area contributed by atoms with Gasteiger partial charge in [0.2, 0.25) is 0 Å². The van der Waals surface area contributed by atoms with Crippen LogP contribution in [0.1, 0.15) is 36.7 Å². The molecule has 6 heteroatoms. The number of rotatable bonds is 4. The first kappa shape index (κ1) is 18.0. The van der Waals surface area contributed by atoms with Gasteiger partial charge in [-0.25, -0.2) is 0 Å². The van der Waals surface area contributed by atoms with Gasteiger partial charge >= 0.3 is 6.18 Å². The molecule has 0 saturated heterocycles. The minimum Gasteiger partial charge on any atom is -0.329 e. The Morgan fingerprint density at radius 3 is 2.24 bits per heavy atom. The number of amides is 1. The highest BCUT2D eigenvalue weighted by Gasteiger charge is 2.34. The number of carbonyl (C=O) groups is 1. The lowest BCUT2D eigenvalue weighted by Crippen LogP contribution is -2.41. The van der Waals surface area contributed by atoms with Crippen LogP contribution in [0.15, 0.2) is 24.3 Å². The number of carbonyl (C=O) groups excluding carboxylic acids is 1. The van der Waals surface area contributed by atoms with Gasteiger partial charge < -0.3 is 4.90 Å². The molecule has 0 aliphatic carbocycles. The van der Waals surface area contributed by atoms with Crippen molar-refractivity contribution in [2.45, 2.75) is 32.4 Å². The third kappa shape index (κ3) is 5.34. The lowest BCUT2D eigenvalue weighted by atomic mass is 9.83. The van der Waals surface area contributed by atoms with E-state index >= 15 is 0 Å². The van der Waals surface area contributed by atoms with Crippen LogP contribution < -0.4 is 0 Å². The molecule has 1 amide bonds. The number of benzene rings is 1. The van der Waals surface area contributed by atoms with Gasteiger partial charge in [0.05, 0.1) is 0 Å². The average molecular weight is 366 g/mol. The fourth-order valence-corrected chi connectivity index (χ4v) is 2.49. The summed E-state index contributed by atoms with van der Waals surface area (Å²) < 4.78 is 37.9. The summed E-state index contributed by atoms with van der Waals surface area (Å²) in [4.78, 5) is 13.3. The summed E-state index contributed by atoms with van der Waals surface area (Å²) in [5.41, 5.74) is 0.761. The maximum atomic E-state index is 12.6. The van der Waals surface area contributed by atoms with Gasteiger partial charge in [-0.3, -0.25) is 4.79 Å². The Kier molecular flexibility index (Phi) is 5.84. The normalized spacial score (nSPS) is 12.3. The molecule has 1 aromatic carbocycles. The molecule has 0 radical (unpaired) electrons. The third-order valence-corrected chi connectivity index (χ3v) is 3.33. The van der Waals surface area contributed by atoms with Crippen molar-refractivity contribution in [3.63, 3.8) is 0 Å². The molecule has 0 aromatic heterocycles. The zero-order valence-corrected chi connectivity index (χ0v) is 13.9. The van der Waals surface area contributed by atoms with Gasteiger partial charge in [-0.2, -0.15) is 13.2 Å². The highest BCUT2D eigenvalue weighted by Crippen LogP contribution is 2.27. The number of halogens is 4. The van der Waals surface area contributed by atoms with Gasteiger partial charge in [0, 0.05) is 17.4 Å². The molecule has 0 saturated carbocycles. The topological polar surface area (TPSA) is 20.3 Å². The van der Waals surface area contributed by atoms with Crippen LogP contribution in [0.4, 0.5) is 13.2 Å². The lowest BCUT2D eigenvalue weighted by Gasteiger charge is -2.27. The summed E-state index contributed by atoms with van der Waals surface area (Å²) in [7, 11) is 0. The van der Waals surface area contributed by atoms with E-state index in [2.05, 4.69) is 15.9 Å². The quantitative estimate of drug-likeness (QED) is 0.724. The Bertz CT molecular complexity index is 494. The Hall–Kier alpha value is -1.04. The average Bonchev–Trinajstić information content (AvgIpc) is 2.35. The van der Waals surface area contributed by atoms with Crippen LogP contribution in [-0.4, -0.2) is 35.4 Å². The molecule has 0 N–H and O–H groups in total. The Morgan fingerprint density at radius 2 is 1.76 bits per heavy atom. The summed E-state index contributed by atoms with van der Waals surface area (Å²) in [5, 5.41) is 0.298. The number of hydrogen-bond donors (Lipinski definition) is 0. The van der Waals surface area contributed by atoms with Gasteiger partial charge in [0.1, 0.15) is 6.54 Å². The zero-order valence-electron chi connectivity index (χ0n) is 12.3. The zero-order chi connectivity index (χ0) is 16.3. The Labute approximate surface area is 131 Å². The van der Waals surface area contributed by atoms with Gasteiger partial charge in [-0.1, -0.05) is 54.9 Å². The first-order valence-electron chi connectivity index (χ1n) is 6.58. The summed E-state index contributed by atoms with van der Waals surface area (Å²) in [6.45, 7) is 4.56. The van der Waals surface area contributed by atoms with Crippen molar-refractivity contribution in [3.8, 4) is 0 Å². The van der Waals surface area contributed by atoms with Crippen LogP contribution in [0.2, 0.25) is 0 Å². The standard InChI is InChI=1S/C15H19BrF3NO/c1-14(2,3)12-7-5-4-6-11(12)13(21)20(9-8-16)10-15(17,18)19/h4-7H,8-10H2,1-3H3. The largest absolute Gasteiger partial charge is 0.406 e. The molecule has 1 rings (SSSR count). The van der Waals surface area contributed by atoms with Crippen molar-refractivity contribution in [3.05, 3.63) is 35.4 Å². The van der Waals surface area contributed by atoms with E-state index in [-0.39, 0.29) is 12.0 Å². The van der Waals surface area contributed by atoms with E-state index < -0.39 is 18.6 Å². The number of alkyl halides is 4. The van der Waals surface area contributed by atoms with Crippen molar-refractivity contribution in [1.82, 2.24) is 4.90 Å². The second-order valence-corrected chi connectivity index (χ2v) is 6.62. The van der Waals surface area contributed by atoms with Crippen LogP contribution in [0.25, 0.3) is 0 Å². The summed E-state index contributed by atoms with van der Waals surface area (Å²) in [6.07, 6.45) is -4.41. The highest BCUT2D eigenvalue weighted by atomic mass is 79.9. The minimum atomic E-state index is -4.41.